The predicted octanol–water partition coefficient (Wildman–Crippen LogP) is 5.37. The van der Waals surface area contributed by atoms with Crippen molar-refractivity contribution in [1.82, 2.24) is 0 Å². The summed E-state index contributed by atoms with van der Waals surface area (Å²) in [5.74, 6) is -0.568. The quantitative estimate of drug-likeness (QED) is 0.151. The van der Waals surface area contributed by atoms with Crippen LogP contribution in [0.5, 0.6) is 11.5 Å². The van der Waals surface area contributed by atoms with Crippen molar-refractivity contribution < 1.29 is 33.8 Å². The van der Waals surface area contributed by atoms with Crippen LogP contribution in [0.25, 0.3) is 11.6 Å². The van der Waals surface area contributed by atoms with Crippen LogP contribution in [0.2, 0.25) is 0 Å². The van der Waals surface area contributed by atoms with Crippen LogP contribution in [0.4, 0.5) is 5.69 Å². The number of ether oxygens (including phenoxy) is 3. The first-order valence-corrected chi connectivity index (χ1v) is 11.7. The monoisotopic (exact) mass is 505 g/mol. The lowest BCUT2D eigenvalue weighted by Crippen LogP contribution is -2.25. The molecule has 0 spiro atoms. The number of hydrogen-bond donors (Lipinski definition) is 1. The fraction of sp³-hybridized carbons (Fsp3) is 0.214. The van der Waals surface area contributed by atoms with E-state index in [1.54, 1.807) is 50.2 Å². The van der Waals surface area contributed by atoms with E-state index in [2.05, 4.69) is 0 Å². The highest BCUT2D eigenvalue weighted by atomic mass is 16.6. The molecule has 0 radical (unpaired) electrons. The molecule has 3 aromatic rings. The van der Waals surface area contributed by atoms with Crippen LogP contribution in [0.1, 0.15) is 37.0 Å². The maximum atomic E-state index is 11.6. The number of nitro benzene ring substituents is 1. The maximum absolute atomic E-state index is 11.6. The fourth-order valence-electron chi connectivity index (χ4n) is 3.45. The maximum Gasteiger partial charge on any atom is 0.344 e. The number of rotatable bonds is 12. The van der Waals surface area contributed by atoms with Crippen LogP contribution in [0.3, 0.4) is 0 Å². The highest BCUT2D eigenvalue weighted by Gasteiger charge is 2.17. The van der Waals surface area contributed by atoms with Crippen molar-refractivity contribution in [2.24, 2.45) is 0 Å². The van der Waals surface area contributed by atoms with E-state index in [-0.39, 0.29) is 18.9 Å². The first-order valence-electron chi connectivity index (χ1n) is 11.7. The van der Waals surface area contributed by atoms with Gasteiger partial charge in [-0.05, 0) is 78.1 Å². The molecule has 0 aliphatic heterocycles. The van der Waals surface area contributed by atoms with Gasteiger partial charge in [-0.15, -0.1) is 0 Å². The molecule has 3 rings (SSSR count). The van der Waals surface area contributed by atoms with Crippen molar-refractivity contribution in [3.63, 3.8) is 0 Å². The number of esters is 1. The molecular weight excluding hydrogens is 478 g/mol. The van der Waals surface area contributed by atoms with Gasteiger partial charge in [0.15, 0.2) is 12.7 Å². The zero-order valence-electron chi connectivity index (χ0n) is 20.5. The van der Waals surface area contributed by atoms with E-state index in [0.717, 1.165) is 22.3 Å². The number of hydrogen-bond acceptors (Lipinski definition) is 7. The molecule has 1 atom stereocenters. The lowest BCUT2D eigenvalue weighted by molar-refractivity contribution is -0.384. The second-order valence-corrected chi connectivity index (χ2v) is 7.90. The number of benzene rings is 3. The van der Waals surface area contributed by atoms with Crippen LogP contribution in [-0.4, -0.2) is 41.3 Å². The Bertz CT molecular complexity index is 1250. The van der Waals surface area contributed by atoms with Gasteiger partial charge in [-0.1, -0.05) is 31.2 Å². The number of carboxylic acids is 1. The number of carbonyl (C=O) groups excluding carboxylic acids is 1. The second kappa shape index (κ2) is 12.9. The lowest BCUT2D eigenvalue weighted by Gasteiger charge is -2.15. The standard InChI is InChI=1S/C28H27NO8/c1-3-26(28(31)32)37-24-15-9-21(10-16-24)25(17-19-5-11-22(12-6-19)29(33)34)20-7-13-23(14-8-20)36-18-27(30)35-4-2/h5-17,26H,3-4,18H2,1-2H3,(H,31,32). The molecular formula is C28H27NO8. The normalized spacial score (nSPS) is 11.9. The molecule has 0 saturated carbocycles. The third-order valence-corrected chi connectivity index (χ3v) is 5.33. The number of nitrogens with zero attached hydrogens (tertiary/aromatic N) is 1. The molecule has 0 amide bonds. The summed E-state index contributed by atoms with van der Waals surface area (Å²) in [5, 5.41) is 20.3. The van der Waals surface area contributed by atoms with Gasteiger partial charge >= 0.3 is 11.9 Å². The minimum absolute atomic E-state index is 0.00721. The summed E-state index contributed by atoms with van der Waals surface area (Å²) >= 11 is 0. The Kier molecular flexibility index (Phi) is 9.37. The molecule has 9 nitrogen and oxygen atoms in total. The first kappa shape index (κ1) is 26.9. The molecule has 0 aliphatic rings. The topological polar surface area (TPSA) is 125 Å². The SMILES string of the molecule is CCOC(=O)COc1ccc(C(=Cc2ccc([N+](=O)[O-])cc2)c2ccc(OC(CC)C(=O)O)cc2)cc1. The molecule has 37 heavy (non-hydrogen) atoms. The first-order chi connectivity index (χ1) is 17.8. The average molecular weight is 506 g/mol. The van der Waals surface area contributed by atoms with E-state index in [1.165, 1.54) is 12.1 Å². The number of non-ortho nitro benzene ring substituents is 1. The van der Waals surface area contributed by atoms with Gasteiger partial charge in [0.25, 0.3) is 5.69 Å². The third-order valence-electron chi connectivity index (χ3n) is 5.33. The fourth-order valence-corrected chi connectivity index (χ4v) is 3.45. The van der Waals surface area contributed by atoms with Gasteiger partial charge in [0.05, 0.1) is 11.5 Å². The molecule has 0 fully saturated rings. The van der Waals surface area contributed by atoms with Crippen molar-refractivity contribution in [1.29, 1.82) is 0 Å². The zero-order chi connectivity index (χ0) is 26.8. The number of nitro groups is 1. The third kappa shape index (κ3) is 7.66. The summed E-state index contributed by atoms with van der Waals surface area (Å²) < 4.78 is 15.9. The van der Waals surface area contributed by atoms with Crippen molar-refractivity contribution in [2.45, 2.75) is 26.4 Å². The molecule has 0 bridgehead atoms. The molecule has 1 N–H and O–H groups in total. The van der Waals surface area contributed by atoms with E-state index in [9.17, 15) is 24.8 Å². The molecule has 0 saturated heterocycles. The van der Waals surface area contributed by atoms with Gasteiger partial charge in [-0.3, -0.25) is 10.1 Å². The van der Waals surface area contributed by atoms with Gasteiger partial charge in [0.2, 0.25) is 0 Å². The average Bonchev–Trinajstić information content (AvgIpc) is 2.90. The Morgan fingerprint density at radius 3 is 1.97 bits per heavy atom. The molecule has 1 unspecified atom stereocenters. The number of carbonyl (C=O) groups is 2. The van der Waals surface area contributed by atoms with Crippen LogP contribution in [0.15, 0.2) is 72.8 Å². The van der Waals surface area contributed by atoms with Crippen molar-refractivity contribution >= 4 is 29.3 Å². The summed E-state index contributed by atoms with van der Waals surface area (Å²) in [7, 11) is 0. The molecule has 0 heterocycles. The van der Waals surface area contributed by atoms with Crippen LogP contribution < -0.4 is 9.47 Å². The molecule has 3 aromatic carbocycles. The molecule has 192 valence electrons. The smallest absolute Gasteiger partial charge is 0.344 e. The lowest BCUT2D eigenvalue weighted by atomic mass is 9.95. The minimum Gasteiger partial charge on any atom is -0.482 e. The van der Waals surface area contributed by atoms with Crippen LogP contribution in [0, 0.1) is 10.1 Å². The van der Waals surface area contributed by atoms with E-state index in [1.807, 2.05) is 30.3 Å². The summed E-state index contributed by atoms with van der Waals surface area (Å²) in [5.41, 5.74) is 3.19. The number of aliphatic carboxylic acids is 1. The second-order valence-electron chi connectivity index (χ2n) is 7.90. The molecule has 0 aromatic heterocycles. The van der Waals surface area contributed by atoms with Crippen molar-refractivity contribution in [2.75, 3.05) is 13.2 Å². The van der Waals surface area contributed by atoms with Gasteiger partial charge in [-0.25, -0.2) is 9.59 Å². The highest BCUT2D eigenvalue weighted by molar-refractivity contribution is 5.91. The highest BCUT2D eigenvalue weighted by Crippen LogP contribution is 2.30. The summed E-state index contributed by atoms with van der Waals surface area (Å²) in [6, 6.07) is 20.3. The number of carboxylic acid groups (broad SMARTS) is 1. The Hall–Kier alpha value is -4.66. The van der Waals surface area contributed by atoms with Crippen LogP contribution >= 0.6 is 0 Å². The van der Waals surface area contributed by atoms with Gasteiger partial charge in [0, 0.05) is 12.1 Å². The van der Waals surface area contributed by atoms with E-state index < -0.39 is 23.0 Å². The van der Waals surface area contributed by atoms with Gasteiger partial charge in [-0.2, -0.15) is 0 Å². The van der Waals surface area contributed by atoms with E-state index in [4.69, 9.17) is 14.2 Å². The zero-order valence-corrected chi connectivity index (χ0v) is 20.5. The van der Waals surface area contributed by atoms with Gasteiger partial charge in [0.1, 0.15) is 11.5 Å². The molecule has 9 heteroatoms. The van der Waals surface area contributed by atoms with Crippen molar-refractivity contribution in [3.8, 4) is 11.5 Å². The summed E-state index contributed by atoms with van der Waals surface area (Å²) in [6.07, 6.45) is 1.27. The summed E-state index contributed by atoms with van der Waals surface area (Å²) in [4.78, 5) is 33.4. The molecule has 0 aliphatic carbocycles. The Labute approximate surface area is 214 Å². The van der Waals surface area contributed by atoms with E-state index in [0.29, 0.717) is 17.9 Å². The van der Waals surface area contributed by atoms with Crippen molar-refractivity contribution in [3.05, 3.63) is 99.6 Å². The Morgan fingerprint density at radius 1 is 0.919 bits per heavy atom. The minimum atomic E-state index is -1.03. The van der Waals surface area contributed by atoms with E-state index >= 15 is 0 Å². The van der Waals surface area contributed by atoms with Crippen LogP contribution in [-0.2, 0) is 14.3 Å². The predicted molar refractivity (Wildman–Crippen MR) is 137 cm³/mol. The Morgan fingerprint density at radius 2 is 1.49 bits per heavy atom. The largest absolute Gasteiger partial charge is 0.482 e. The Balaban J connectivity index is 1.91. The summed E-state index contributed by atoms with van der Waals surface area (Å²) in [6.45, 7) is 3.53. The van der Waals surface area contributed by atoms with Gasteiger partial charge < -0.3 is 19.3 Å².